The van der Waals surface area contributed by atoms with Crippen molar-refractivity contribution >= 4 is 41.0 Å². The van der Waals surface area contributed by atoms with E-state index in [2.05, 4.69) is 4.99 Å². The maximum absolute atomic E-state index is 13.8. The van der Waals surface area contributed by atoms with Gasteiger partial charge in [0.2, 0.25) is 0 Å². The summed E-state index contributed by atoms with van der Waals surface area (Å²) in [6.45, 7) is 3.71. The first kappa shape index (κ1) is 28.1. The van der Waals surface area contributed by atoms with E-state index in [4.69, 9.17) is 30.2 Å². The molecule has 0 amide bonds. The Kier molecular flexibility index (Phi) is 7.96. The predicted molar refractivity (Wildman–Crippen MR) is 154 cm³/mol. The van der Waals surface area contributed by atoms with Gasteiger partial charge in [-0.1, -0.05) is 35.1 Å². The van der Waals surface area contributed by atoms with Crippen LogP contribution in [0.3, 0.4) is 0 Å². The molecule has 0 unspecified atom stereocenters. The Morgan fingerprint density at radius 2 is 1.93 bits per heavy atom. The molecule has 0 N–H and O–H groups in total. The number of nitrogens with zero attached hydrogens (tertiary/aromatic N) is 2. The predicted octanol–water partition coefficient (Wildman–Crippen LogP) is 4.51. The zero-order valence-electron chi connectivity index (χ0n) is 22.6. The molecular formula is C30H25ClN2O7S. The molecule has 4 aromatic rings. The zero-order valence-corrected chi connectivity index (χ0v) is 24.2. The molecule has 3 heterocycles. The van der Waals surface area contributed by atoms with E-state index in [-0.39, 0.29) is 17.7 Å². The molecule has 0 saturated heterocycles. The van der Waals surface area contributed by atoms with Crippen LogP contribution >= 0.6 is 22.9 Å². The fourth-order valence-corrected chi connectivity index (χ4v) is 5.84. The van der Waals surface area contributed by atoms with Crippen molar-refractivity contribution in [3.63, 3.8) is 0 Å². The lowest BCUT2D eigenvalue weighted by atomic mass is 9.95. The summed E-state index contributed by atoms with van der Waals surface area (Å²) in [5.74, 6) is 0.349. The summed E-state index contributed by atoms with van der Waals surface area (Å²) in [6, 6.07) is 14.5. The third-order valence-electron chi connectivity index (χ3n) is 6.47. The van der Waals surface area contributed by atoms with Crippen LogP contribution in [0.2, 0.25) is 5.02 Å². The molecule has 41 heavy (non-hydrogen) atoms. The van der Waals surface area contributed by atoms with Crippen LogP contribution in [0.1, 0.15) is 41.6 Å². The molecule has 0 aliphatic carbocycles. The number of furan rings is 1. The van der Waals surface area contributed by atoms with Gasteiger partial charge in [0.1, 0.15) is 23.3 Å². The summed E-state index contributed by atoms with van der Waals surface area (Å²) in [4.78, 5) is 43.9. The third kappa shape index (κ3) is 5.36. The van der Waals surface area contributed by atoms with Crippen molar-refractivity contribution in [3.05, 3.63) is 107 Å². The van der Waals surface area contributed by atoms with E-state index in [0.717, 1.165) is 11.3 Å². The average molecular weight is 593 g/mol. The van der Waals surface area contributed by atoms with Gasteiger partial charge in [-0.15, -0.1) is 0 Å². The highest BCUT2D eigenvalue weighted by molar-refractivity contribution is 7.07. The Balaban J connectivity index is 1.62. The highest BCUT2D eigenvalue weighted by atomic mass is 35.5. The number of hydrogen-bond acceptors (Lipinski definition) is 9. The molecular weight excluding hydrogens is 568 g/mol. The van der Waals surface area contributed by atoms with Gasteiger partial charge in [-0.2, -0.15) is 0 Å². The van der Waals surface area contributed by atoms with Gasteiger partial charge in [0.15, 0.2) is 4.80 Å². The molecule has 1 aliphatic rings. The third-order valence-corrected chi connectivity index (χ3v) is 7.69. The number of benzene rings is 2. The lowest BCUT2D eigenvalue weighted by Gasteiger charge is -2.25. The first-order valence-electron chi connectivity index (χ1n) is 12.6. The first-order valence-corrected chi connectivity index (χ1v) is 13.8. The molecule has 0 bridgehead atoms. The lowest BCUT2D eigenvalue weighted by molar-refractivity contribution is -0.136. The molecule has 5 rings (SSSR count). The number of aromatic nitrogens is 1. The topological polar surface area (TPSA) is 109 Å². The second kappa shape index (κ2) is 11.6. The summed E-state index contributed by atoms with van der Waals surface area (Å²) in [5, 5.41) is 0.414. The molecule has 210 valence electrons. The minimum atomic E-state index is -0.882. The molecule has 9 nitrogen and oxygen atoms in total. The van der Waals surface area contributed by atoms with E-state index in [9.17, 15) is 14.4 Å². The molecule has 2 aromatic heterocycles. The number of ether oxygens (including phenoxy) is 3. The SMILES string of the molecule is CCOC(=O)c1cccc(-c2ccc(/C=c3\sc4n(c3=O)[C@H](c3cc(Cl)ccc3OC)C(C(=O)OC)=C(C)N=4)o2)c1. The lowest BCUT2D eigenvalue weighted by Crippen LogP contribution is -2.40. The number of fused-ring (bicyclic) bond motifs is 1. The molecule has 1 aliphatic heterocycles. The molecule has 0 spiro atoms. The maximum atomic E-state index is 13.8. The minimum Gasteiger partial charge on any atom is -0.496 e. The standard InChI is InChI=1S/C30H25ClN2O7S/c1-5-39-28(35)18-8-6-7-17(13-18)22-12-10-20(40-22)15-24-27(34)33-26(21-14-19(31)9-11-23(21)37-3)25(29(36)38-4)16(2)32-30(33)41-24/h6-15,26H,5H2,1-4H3/b24-15-/t26-/m1/s1. The summed E-state index contributed by atoms with van der Waals surface area (Å²) in [5.41, 5.74) is 1.85. The fraction of sp³-hybridized carbons (Fsp3) is 0.200. The highest BCUT2D eigenvalue weighted by Gasteiger charge is 2.35. The number of allylic oxidation sites excluding steroid dienone is 1. The van der Waals surface area contributed by atoms with Crippen molar-refractivity contribution < 1.29 is 28.2 Å². The van der Waals surface area contributed by atoms with Crippen molar-refractivity contribution in [2.45, 2.75) is 19.9 Å². The summed E-state index contributed by atoms with van der Waals surface area (Å²) >= 11 is 7.49. The van der Waals surface area contributed by atoms with Gasteiger partial charge in [-0.05, 0) is 56.3 Å². The number of halogens is 1. The zero-order chi connectivity index (χ0) is 29.3. The molecule has 2 aromatic carbocycles. The average Bonchev–Trinajstić information content (AvgIpc) is 3.56. The van der Waals surface area contributed by atoms with E-state index in [0.29, 0.717) is 54.0 Å². The second-order valence-electron chi connectivity index (χ2n) is 8.96. The smallest absolute Gasteiger partial charge is 0.338 e. The summed E-state index contributed by atoms with van der Waals surface area (Å²) < 4.78 is 23.5. The van der Waals surface area contributed by atoms with Gasteiger partial charge >= 0.3 is 11.9 Å². The molecule has 0 saturated carbocycles. The van der Waals surface area contributed by atoms with Gasteiger partial charge in [-0.3, -0.25) is 9.36 Å². The number of rotatable bonds is 7. The number of esters is 2. The largest absolute Gasteiger partial charge is 0.496 e. The highest BCUT2D eigenvalue weighted by Crippen LogP contribution is 2.37. The Hall–Kier alpha value is -4.41. The summed E-state index contributed by atoms with van der Waals surface area (Å²) in [6.07, 6.45) is 1.62. The number of carbonyl (C=O) groups is 2. The monoisotopic (exact) mass is 592 g/mol. The van der Waals surface area contributed by atoms with E-state index in [1.807, 2.05) is 6.07 Å². The second-order valence-corrected chi connectivity index (χ2v) is 10.4. The Morgan fingerprint density at radius 1 is 1.12 bits per heavy atom. The van der Waals surface area contributed by atoms with Crippen molar-refractivity contribution in [1.82, 2.24) is 4.57 Å². The van der Waals surface area contributed by atoms with Gasteiger partial charge in [0.05, 0.1) is 42.2 Å². The fourth-order valence-electron chi connectivity index (χ4n) is 4.63. The van der Waals surface area contributed by atoms with E-state index >= 15 is 0 Å². The quantitative estimate of drug-likeness (QED) is 0.291. The van der Waals surface area contributed by atoms with Crippen LogP contribution < -0.4 is 19.6 Å². The Morgan fingerprint density at radius 3 is 2.66 bits per heavy atom. The van der Waals surface area contributed by atoms with E-state index < -0.39 is 18.0 Å². The number of carbonyl (C=O) groups excluding carboxylic acids is 2. The minimum absolute atomic E-state index is 0.203. The summed E-state index contributed by atoms with van der Waals surface area (Å²) in [7, 11) is 2.78. The van der Waals surface area contributed by atoms with Crippen molar-refractivity contribution in [2.75, 3.05) is 20.8 Å². The van der Waals surface area contributed by atoms with Crippen molar-refractivity contribution in [1.29, 1.82) is 0 Å². The van der Waals surface area contributed by atoms with E-state index in [1.165, 1.54) is 18.8 Å². The van der Waals surface area contributed by atoms with Crippen LogP contribution in [0.15, 0.2) is 80.1 Å². The van der Waals surface area contributed by atoms with E-state index in [1.54, 1.807) is 68.5 Å². The molecule has 0 radical (unpaired) electrons. The Bertz CT molecular complexity index is 1880. The number of thiazole rings is 1. The van der Waals surface area contributed by atoms with Crippen LogP contribution in [0.25, 0.3) is 17.4 Å². The molecule has 0 fully saturated rings. The maximum Gasteiger partial charge on any atom is 0.338 e. The van der Waals surface area contributed by atoms with Crippen molar-refractivity contribution in [3.8, 4) is 17.1 Å². The van der Waals surface area contributed by atoms with Gasteiger partial charge in [0, 0.05) is 22.2 Å². The van der Waals surface area contributed by atoms with Gasteiger partial charge in [0.25, 0.3) is 5.56 Å². The number of hydrogen-bond donors (Lipinski definition) is 0. The van der Waals surface area contributed by atoms with Crippen LogP contribution in [0, 0.1) is 0 Å². The molecule has 11 heteroatoms. The molecule has 1 atom stereocenters. The van der Waals surface area contributed by atoms with Crippen molar-refractivity contribution in [2.24, 2.45) is 4.99 Å². The van der Waals surface area contributed by atoms with Gasteiger partial charge < -0.3 is 18.6 Å². The van der Waals surface area contributed by atoms with Crippen LogP contribution in [-0.2, 0) is 14.3 Å². The van der Waals surface area contributed by atoms with Crippen LogP contribution in [0.4, 0.5) is 0 Å². The normalized spacial score (nSPS) is 14.9. The first-order chi connectivity index (χ1) is 19.7. The number of methoxy groups -OCH3 is 2. The Labute approximate surface area is 243 Å². The van der Waals surface area contributed by atoms with Gasteiger partial charge in [-0.25, -0.2) is 14.6 Å². The van der Waals surface area contributed by atoms with Crippen LogP contribution in [-0.4, -0.2) is 37.3 Å². The van der Waals surface area contributed by atoms with Crippen LogP contribution in [0.5, 0.6) is 5.75 Å².